The molecule has 0 aromatic carbocycles. The van der Waals surface area contributed by atoms with E-state index >= 15 is 0 Å². The first-order chi connectivity index (χ1) is 11.2. The molecule has 4 amide bonds. The van der Waals surface area contributed by atoms with E-state index in [1.165, 1.54) is 7.11 Å². The van der Waals surface area contributed by atoms with Crippen LogP contribution in [0.2, 0.25) is 0 Å². The quantitative estimate of drug-likeness (QED) is 0.500. The molecule has 0 saturated carbocycles. The van der Waals surface area contributed by atoms with Crippen molar-refractivity contribution in [3.63, 3.8) is 0 Å². The van der Waals surface area contributed by atoms with Gasteiger partial charge in [0.15, 0.2) is 0 Å². The van der Waals surface area contributed by atoms with Crippen molar-refractivity contribution >= 4 is 40.7 Å². The van der Waals surface area contributed by atoms with Crippen molar-refractivity contribution in [1.82, 2.24) is 16.0 Å². The molecule has 9 nitrogen and oxygen atoms in total. The van der Waals surface area contributed by atoms with Crippen LogP contribution in [-0.2, 0) is 23.9 Å². The number of amides is 4. The van der Waals surface area contributed by atoms with Gasteiger partial charge in [0, 0.05) is 6.42 Å². The number of thioether (sulfide) groups is 1. The third-order valence-corrected chi connectivity index (χ3v) is 4.11. The Morgan fingerprint density at radius 3 is 2.46 bits per heavy atom. The zero-order valence-electron chi connectivity index (χ0n) is 13.7. The van der Waals surface area contributed by atoms with Gasteiger partial charge in [0.05, 0.1) is 7.11 Å². The molecule has 134 valence electrons. The highest BCUT2D eigenvalue weighted by molar-refractivity contribution is 8.15. The molecule has 0 radical (unpaired) electrons. The fourth-order valence-corrected chi connectivity index (χ4v) is 2.83. The van der Waals surface area contributed by atoms with Crippen molar-refractivity contribution in [2.45, 2.75) is 38.0 Å². The maximum absolute atomic E-state index is 12.1. The molecule has 0 aromatic heterocycles. The number of imide groups is 1. The van der Waals surface area contributed by atoms with Crippen LogP contribution in [0.15, 0.2) is 0 Å². The zero-order chi connectivity index (χ0) is 18.3. The lowest BCUT2D eigenvalue weighted by Crippen LogP contribution is -2.49. The first-order valence-corrected chi connectivity index (χ1v) is 8.26. The Morgan fingerprint density at radius 1 is 1.29 bits per heavy atom. The van der Waals surface area contributed by atoms with Crippen molar-refractivity contribution in [2.24, 2.45) is 5.92 Å². The molecule has 1 heterocycles. The molecule has 1 aliphatic heterocycles. The minimum absolute atomic E-state index is 0.116. The van der Waals surface area contributed by atoms with E-state index in [2.05, 4.69) is 20.7 Å². The summed E-state index contributed by atoms with van der Waals surface area (Å²) in [4.78, 5) is 57.8. The molecule has 0 bridgehead atoms. The van der Waals surface area contributed by atoms with Crippen LogP contribution in [0, 0.1) is 5.92 Å². The minimum atomic E-state index is -0.840. The van der Waals surface area contributed by atoms with Crippen molar-refractivity contribution in [2.75, 3.05) is 13.7 Å². The van der Waals surface area contributed by atoms with E-state index in [9.17, 15) is 24.0 Å². The molecule has 1 saturated heterocycles. The van der Waals surface area contributed by atoms with Crippen LogP contribution < -0.4 is 16.0 Å². The number of esters is 1. The normalized spacial score (nSPS) is 18.1. The van der Waals surface area contributed by atoms with Gasteiger partial charge in [-0.15, -0.1) is 0 Å². The Morgan fingerprint density at radius 2 is 1.96 bits per heavy atom. The SMILES string of the molecule is COC(=O)CNC(=O)[C@H](CC(C)C)NC(=O)CC1SC(=O)NC1=O. The Hall–Kier alpha value is -2.10. The third kappa shape index (κ3) is 6.57. The number of hydrogen-bond acceptors (Lipinski definition) is 7. The highest BCUT2D eigenvalue weighted by Gasteiger charge is 2.34. The van der Waals surface area contributed by atoms with Crippen LogP contribution in [0.3, 0.4) is 0 Å². The lowest BCUT2D eigenvalue weighted by molar-refractivity contribution is -0.141. The van der Waals surface area contributed by atoms with Crippen molar-refractivity contribution in [3.05, 3.63) is 0 Å². The molecule has 1 aliphatic rings. The van der Waals surface area contributed by atoms with Crippen LogP contribution in [0.25, 0.3) is 0 Å². The third-order valence-electron chi connectivity index (χ3n) is 3.13. The first kappa shape index (κ1) is 19.9. The average molecular weight is 359 g/mol. The van der Waals surface area contributed by atoms with Crippen LogP contribution in [0.1, 0.15) is 26.7 Å². The predicted octanol–water partition coefficient (Wildman–Crippen LogP) is -0.452. The van der Waals surface area contributed by atoms with Gasteiger partial charge in [-0.2, -0.15) is 0 Å². The molecular weight excluding hydrogens is 338 g/mol. The van der Waals surface area contributed by atoms with E-state index in [1.54, 1.807) is 0 Å². The maximum Gasteiger partial charge on any atom is 0.325 e. The summed E-state index contributed by atoms with van der Waals surface area (Å²) in [5.41, 5.74) is 0. The molecule has 2 atom stereocenters. The van der Waals surface area contributed by atoms with E-state index in [-0.39, 0.29) is 18.9 Å². The van der Waals surface area contributed by atoms with Gasteiger partial charge in [-0.3, -0.25) is 29.3 Å². The molecule has 1 unspecified atom stereocenters. The number of carbonyl (C=O) groups is 5. The van der Waals surface area contributed by atoms with Gasteiger partial charge in [-0.05, 0) is 12.3 Å². The summed E-state index contributed by atoms with van der Waals surface area (Å²) in [6, 6.07) is -0.840. The van der Waals surface area contributed by atoms with Gasteiger partial charge < -0.3 is 15.4 Å². The minimum Gasteiger partial charge on any atom is -0.468 e. The Kier molecular flexibility index (Phi) is 7.69. The van der Waals surface area contributed by atoms with E-state index in [1.807, 2.05) is 13.8 Å². The summed E-state index contributed by atoms with van der Waals surface area (Å²) in [7, 11) is 1.20. The fourth-order valence-electron chi connectivity index (χ4n) is 2.01. The van der Waals surface area contributed by atoms with E-state index in [0.29, 0.717) is 6.42 Å². The van der Waals surface area contributed by atoms with Crippen molar-refractivity contribution in [1.29, 1.82) is 0 Å². The van der Waals surface area contributed by atoms with Crippen molar-refractivity contribution in [3.8, 4) is 0 Å². The van der Waals surface area contributed by atoms with Gasteiger partial charge in [0.1, 0.15) is 17.8 Å². The van der Waals surface area contributed by atoms with Crippen LogP contribution in [-0.4, -0.2) is 53.9 Å². The summed E-state index contributed by atoms with van der Waals surface area (Å²) in [5.74, 6) is -2.03. The second-order valence-corrected chi connectivity index (χ2v) is 6.81. The highest BCUT2D eigenvalue weighted by Crippen LogP contribution is 2.21. The smallest absolute Gasteiger partial charge is 0.325 e. The monoisotopic (exact) mass is 359 g/mol. The summed E-state index contributed by atoms with van der Waals surface area (Å²) >= 11 is 0.746. The Bertz CT molecular complexity index is 537. The number of ether oxygens (including phenoxy) is 1. The van der Waals surface area contributed by atoms with Crippen LogP contribution in [0.4, 0.5) is 4.79 Å². The van der Waals surface area contributed by atoms with E-state index in [4.69, 9.17) is 0 Å². The number of nitrogens with one attached hydrogen (secondary N) is 3. The molecule has 0 spiro atoms. The molecule has 10 heteroatoms. The van der Waals surface area contributed by atoms with Gasteiger partial charge in [-0.25, -0.2) is 0 Å². The summed E-state index contributed by atoms with van der Waals surface area (Å²) in [6.07, 6.45) is 0.156. The Balaban J connectivity index is 2.59. The van der Waals surface area contributed by atoms with Crippen molar-refractivity contribution < 1.29 is 28.7 Å². The molecule has 0 aromatic rings. The molecule has 3 N–H and O–H groups in total. The van der Waals surface area contributed by atoms with Gasteiger partial charge in [0.2, 0.25) is 17.7 Å². The zero-order valence-corrected chi connectivity index (χ0v) is 14.5. The molecule has 0 aliphatic carbocycles. The average Bonchev–Trinajstić information content (AvgIpc) is 2.80. The number of methoxy groups -OCH3 is 1. The van der Waals surface area contributed by atoms with Gasteiger partial charge in [-0.1, -0.05) is 25.6 Å². The molecule has 1 rings (SSSR count). The maximum atomic E-state index is 12.1. The Labute approximate surface area is 143 Å². The van der Waals surface area contributed by atoms with E-state index in [0.717, 1.165) is 11.8 Å². The highest BCUT2D eigenvalue weighted by atomic mass is 32.2. The van der Waals surface area contributed by atoms with E-state index < -0.39 is 40.2 Å². The summed E-state index contributed by atoms with van der Waals surface area (Å²) in [5, 5.41) is 5.74. The van der Waals surface area contributed by atoms with Gasteiger partial charge in [0.25, 0.3) is 5.24 Å². The second kappa shape index (κ2) is 9.26. The summed E-state index contributed by atoms with van der Waals surface area (Å²) in [6.45, 7) is 3.46. The largest absolute Gasteiger partial charge is 0.468 e. The lowest BCUT2D eigenvalue weighted by Gasteiger charge is -2.20. The number of carbonyl (C=O) groups excluding carboxylic acids is 5. The lowest BCUT2D eigenvalue weighted by atomic mass is 10.0. The standard InChI is InChI=1S/C14H21N3O6S/c1-7(2)4-8(12(20)15-6-11(19)23-3)16-10(18)5-9-13(21)17-14(22)24-9/h7-9H,4-6H2,1-3H3,(H,15,20)(H,16,18)(H,17,21,22)/t8-,9?/m0/s1. The van der Waals surface area contributed by atoms with Crippen LogP contribution >= 0.6 is 11.8 Å². The van der Waals surface area contributed by atoms with Crippen LogP contribution in [0.5, 0.6) is 0 Å². The predicted molar refractivity (Wildman–Crippen MR) is 85.9 cm³/mol. The molecule has 24 heavy (non-hydrogen) atoms. The van der Waals surface area contributed by atoms with Gasteiger partial charge >= 0.3 is 5.97 Å². The molecular formula is C14H21N3O6S. The fraction of sp³-hybridized carbons (Fsp3) is 0.643. The summed E-state index contributed by atoms with van der Waals surface area (Å²) < 4.78 is 4.43. The number of hydrogen-bond donors (Lipinski definition) is 3. The topological polar surface area (TPSA) is 131 Å². The first-order valence-electron chi connectivity index (χ1n) is 7.38. The second-order valence-electron chi connectivity index (χ2n) is 5.63. The molecule has 1 fully saturated rings. The number of rotatable bonds is 8.